The lowest BCUT2D eigenvalue weighted by atomic mass is 10.1. The third kappa shape index (κ3) is 4.89. The van der Waals surface area contributed by atoms with Crippen molar-refractivity contribution in [3.8, 4) is 10.6 Å². The van der Waals surface area contributed by atoms with Gasteiger partial charge in [-0.3, -0.25) is 9.78 Å². The quantitative estimate of drug-likeness (QED) is 0.473. The van der Waals surface area contributed by atoms with Crippen LogP contribution in [0.4, 0.5) is 11.8 Å². The minimum Gasteiger partial charge on any atom is -0.396 e. The molecule has 1 fully saturated rings. The number of aromatic amines is 1. The van der Waals surface area contributed by atoms with Crippen molar-refractivity contribution < 1.29 is 9.84 Å². The van der Waals surface area contributed by atoms with Gasteiger partial charge in [0, 0.05) is 30.7 Å². The van der Waals surface area contributed by atoms with E-state index in [0.717, 1.165) is 29.8 Å². The SMILES string of the molecule is CCOCCNc1nc(NC2CCC(CO)C2)c(-c2nc(C)c(C)s2)c(=O)[nH]1. The fraction of sp³-hybridized carbons (Fsp3) is 0.632. The largest absolute Gasteiger partial charge is 0.396 e. The number of aromatic nitrogens is 3. The van der Waals surface area contributed by atoms with Crippen LogP contribution in [0, 0.1) is 19.8 Å². The van der Waals surface area contributed by atoms with Gasteiger partial charge in [-0.2, -0.15) is 4.98 Å². The van der Waals surface area contributed by atoms with Gasteiger partial charge in [0.1, 0.15) is 16.4 Å². The molecule has 1 aliphatic rings. The number of nitrogens with one attached hydrogen (secondary N) is 3. The molecule has 2 atom stereocenters. The standard InChI is InChI=1S/C19H29N5O3S/c1-4-27-8-7-20-19-23-16(22-14-6-5-13(9-14)10-25)15(17(26)24-19)18-21-11(2)12(3)28-18/h13-14,25H,4-10H2,1-3H3,(H3,20,22,23,24,26). The summed E-state index contributed by atoms with van der Waals surface area (Å²) in [5.74, 6) is 1.26. The molecule has 2 aromatic rings. The Labute approximate surface area is 168 Å². The summed E-state index contributed by atoms with van der Waals surface area (Å²) in [6.07, 6.45) is 2.79. The highest BCUT2D eigenvalue weighted by atomic mass is 32.1. The van der Waals surface area contributed by atoms with Gasteiger partial charge in [0.25, 0.3) is 5.56 Å². The molecule has 0 aromatic carbocycles. The summed E-state index contributed by atoms with van der Waals surface area (Å²) >= 11 is 1.50. The fourth-order valence-electron chi connectivity index (χ4n) is 3.39. The topological polar surface area (TPSA) is 112 Å². The number of rotatable bonds is 9. The molecule has 1 aliphatic carbocycles. The fourth-order valence-corrected chi connectivity index (χ4v) is 4.35. The van der Waals surface area contributed by atoms with Gasteiger partial charge in [0.05, 0.1) is 12.3 Å². The zero-order valence-corrected chi connectivity index (χ0v) is 17.5. The van der Waals surface area contributed by atoms with Crippen molar-refractivity contribution in [3.63, 3.8) is 0 Å². The summed E-state index contributed by atoms with van der Waals surface area (Å²) in [7, 11) is 0. The van der Waals surface area contributed by atoms with E-state index in [2.05, 4.69) is 25.6 Å². The van der Waals surface area contributed by atoms with E-state index in [9.17, 15) is 9.90 Å². The minimum absolute atomic E-state index is 0.184. The van der Waals surface area contributed by atoms with E-state index in [4.69, 9.17) is 4.74 Å². The first-order chi connectivity index (χ1) is 13.5. The maximum absolute atomic E-state index is 12.9. The summed E-state index contributed by atoms with van der Waals surface area (Å²) in [6, 6.07) is 0.184. The van der Waals surface area contributed by atoms with Crippen molar-refractivity contribution in [2.24, 2.45) is 5.92 Å². The molecule has 0 spiro atoms. The van der Waals surface area contributed by atoms with Crippen molar-refractivity contribution in [1.29, 1.82) is 0 Å². The van der Waals surface area contributed by atoms with Crippen molar-refractivity contribution in [2.75, 3.05) is 37.0 Å². The minimum atomic E-state index is -0.220. The summed E-state index contributed by atoms with van der Waals surface area (Å²) in [4.78, 5) is 26.0. The molecule has 2 unspecified atom stereocenters. The van der Waals surface area contributed by atoms with Gasteiger partial charge >= 0.3 is 0 Å². The first kappa shape index (κ1) is 20.8. The summed E-state index contributed by atoms with van der Waals surface area (Å²) in [5, 5.41) is 16.6. The van der Waals surface area contributed by atoms with Gasteiger partial charge < -0.3 is 20.5 Å². The van der Waals surface area contributed by atoms with Gasteiger partial charge in [-0.05, 0) is 46.0 Å². The number of aryl methyl sites for hydroxylation is 2. The molecule has 0 bridgehead atoms. The molecule has 8 nitrogen and oxygen atoms in total. The van der Waals surface area contributed by atoms with Crippen LogP contribution in [-0.4, -0.2) is 52.5 Å². The Hall–Kier alpha value is -1.97. The van der Waals surface area contributed by atoms with Gasteiger partial charge in [-0.1, -0.05) is 0 Å². The number of anilines is 2. The van der Waals surface area contributed by atoms with Crippen molar-refractivity contribution in [3.05, 3.63) is 20.9 Å². The average molecular weight is 408 g/mol. The predicted molar refractivity (Wildman–Crippen MR) is 112 cm³/mol. The van der Waals surface area contributed by atoms with E-state index < -0.39 is 0 Å². The number of hydrogen-bond acceptors (Lipinski definition) is 8. The van der Waals surface area contributed by atoms with E-state index in [1.807, 2.05) is 20.8 Å². The zero-order chi connectivity index (χ0) is 20.1. The zero-order valence-electron chi connectivity index (χ0n) is 16.7. The monoisotopic (exact) mass is 407 g/mol. The van der Waals surface area contributed by atoms with Crippen LogP contribution in [0.3, 0.4) is 0 Å². The van der Waals surface area contributed by atoms with Gasteiger partial charge in [0.15, 0.2) is 0 Å². The van der Waals surface area contributed by atoms with Crippen LogP contribution < -0.4 is 16.2 Å². The molecule has 28 heavy (non-hydrogen) atoms. The van der Waals surface area contributed by atoms with Crippen LogP contribution in [0.1, 0.15) is 36.8 Å². The number of hydrogen-bond donors (Lipinski definition) is 4. The van der Waals surface area contributed by atoms with Crippen LogP contribution >= 0.6 is 11.3 Å². The Morgan fingerprint density at radius 2 is 2.14 bits per heavy atom. The predicted octanol–water partition coefficient (Wildman–Crippen LogP) is 2.53. The van der Waals surface area contributed by atoms with E-state index >= 15 is 0 Å². The normalized spacial score (nSPS) is 19.1. The summed E-state index contributed by atoms with van der Waals surface area (Å²) in [6.45, 7) is 7.82. The second kappa shape index (κ2) is 9.49. The van der Waals surface area contributed by atoms with E-state index in [0.29, 0.717) is 48.0 Å². The van der Waals surface area contributed by atoms with Crippen LogP contribution in [0.2, 0.25) is 0 Å². The Morgan fingerprint density at radius 1 is 1.32 bits per heavy atom. The number of nitrogens with zero attached hydrogens (tertiary/aromatic N) is 2. The average Bonchev–Trinajstić information content (AvgIpc) is 3.25. The summed E-state index contributed by atoms with van der Waals surface area (Å²) in [5.41, 5.74) is 1.18. The number of thiazole rings is 1. The van der Waals surface area contributed by atoms with Crippen molar-refractivity contribution >= 4 is 23.1 Å². The number of aliphatic hydroxyl groups is 1. The lowest BCUT2D eigenvalue weighted by molar-refractivity contribution is 0.158. The second-order valence-corrected chi connectivity index (χ2v) is 8.33. The number of H-pyrrole nitrogens is 1. The van der Waals surface area contributed by atoms with Crippen LogP contribution in [0.5, 0.6) is 0 Å². The highest BCUT2D eigenvalue weighted by Gasteiger charge is 2.26. The van der Waals surface area contributed by atoms with Gasteiger partial charge in [0.2, 0.25) is 5.95 Å². The molecule has 4 N–H and O–H groups in total. The van der Waals surface area contributed by atoms with Crippen molar-refractivity contribution in [1.82, 2.24) is 15.0 Å². The maximum Gasteiger partial charge on any atom is 0.264 e. The third-order valence-corrected chi connectivity index (χ3v) is 6.14. The lowest BCUT2D eigenvalue weighted by Crippen LogP contribution is -2.23. The Bertz CT molecular complexity index is 831. The van der Waals surface area contributed by atoms with Crippen molar-refractivity contribution in [2.45, 2.75) is 46.1 Å². The molecular weight excluding hydrogens is 378 g/mol. The molecule has 1 saturated carbocycles. The van der Waals surface area contributed by atoms with E-state index in [1.165, 1.54) is 11.3 Å². The first-order valence-electron chi connectivity index (χ1n) is 9.79. The maximum atomic E-state index is 12.9. The molecule has 2 aromatic heterocycles. The molecule has 9 heteroatoms. The number of ether oxygens (including phenoxy) is 1. The lowest BCUT2D eigenvalue weighted by Gasteiger charge is -2.17. The molecule has 0 saturated heterocycles. The molecule has 2 heterocycles. The third-order valence-electron chi connectivity index (χ3n) is 5.05. The Balaban J connectivity index is 1.89. The summed E-state index contributed by atoms with van der Waals surface area (Å²) < 4.78 is 5.33. The Morgan fingerprint density at radius 3 is 2.79 bits per heavy atom. The molecular formula is C19H29N5O3S. The molecule has 3 rings (SSSR count). The van der Waals surface area contributed by atoms with E-state index in [1.54, 1.807) is 0 Å². The van der Waals surface area contributed by atoms with Gasteiger partial charge in [-0.15, -0.1) is 11.3 Å². The first-order valence-corrected chi connectivity index (χ1v) is 10.6. The molecule has 0 aliphatic heterocycles. The molecule has 0 radical (unpaired) electrons. The second-order valence-electron chi connectivity index (χ2n) is 7.13. The Kier molecular flexibility index (Phi) is 7.03. The van der Waals surface area contributed by atoms with Gasteiger partial charge in [-0.25, -0.2) is 4.98 Å². The smallest absolute Gasteiger partial charge is 0.264 e. The van der Waals surface area contributed by atoms with Crippen LogP contribution in [0.15, 0.2) is 4.79 Å². The van der Waals surface area contributed by atoms with E-state index in [-0.39, 0.29) is 18.2 Å². The number of aliphatic hydroxyl groups excluding tert-OH is 1. The highest BCUT2D eigenvalue weighted by Crippen LogP contribution is 2.33. The van der Waals surface area contributed by atoms with Crippen LogP contribution in [0.25, 0.3) is 10.6 Å². The molecule has 154 valence electrons. The highest BCUT2D eigenvalue weighted by molar-refractivity contribution is 7.15. The van der Waals surface area contributed by atoms with Crippen LogP contribution in [-0.2, 0) is 4.74 Å². The molecule has 0 amide bonds.